The molecule has 1 radical (unpaired) electrons. The SMILES string of the molecule is CC1=Nc2nc(C)nc(N)c2[N]1. The van der Waals surface area contributed by atoms with Gasteiger partial charge in [-0.1, -0.05) is 0 Å². The van der Waals surface area contributed by atoms with E-state index in [9.17, 15) is 0 Å². The smallest absolute Gasteiger partial charge is 0.185 e. The van der Waals surface area contributed by atoms with Crippen LogP contribution in [0.4, 0.5) is 17.3 Å². The molecule has 0 amide bonds. The van der Waals surface area contributed by atoms with Crippen molar-refractivity contribution in [3.05, 3.63) is 5.82 Å². The molecule has 0 spiro atoms. The Balaban J connectivity index is 2.61. The van der Waals surface area contributed by atoms with Gasteiger partial charge >= 0.3 is 0 Å². The van der Waals surface area contributed by atoms with Crippen molar-refractivity contribution < 1.29 is 0 Å². The first kappa shape index (κ1) is 7.02. The topological polar surface area (TPSA) is 78.3 Å². The van der Waals surface area contributed by atoms with E-state index in [2.05, 4.69) is 20.3 Å². The second-order valence-electron chi connectivity index (χ2n) is 2.60. The number of aromatic nitrogens is 2. The van der Waals surface area contributed by atoms with Gasteiger partial charge in [0, 0.05) is 0 Å². The highest BCUT2D eigenvalue weighted by Gasteiger charge is 2.18. The minimum absolute atomic E-state index is 0.401. The highest BCUT2D eigenvalue weighted by Crippen LogP contribution is 2.31. The predicted molar refractivity (Wildman–Crippen MR) is 45.7 cm³/mol. The van der Waals surface area contributed by atoms with E-state index in [1.165, 1.54) is 0 Å². The van der Waals surface area contributed by atoms with Gasteiger partial charge in [0.1, 0.15) is 11.7 Å². The van der Waals surface area contributed by atoms with Gasteiger partial charge in [0.05, 0.1) is 0 Å². The normalized spacial score (nSPS) is 13.7. The van der Waals surface area contributed by atoms with E-state index in [4.69, 9.17) is 5.73 Å². The van der Waals surface area contributed by atoms with E-state index in [0.29, 0.717) is 29.0 Å². The van der Waals surface area contributed by atoms with E-state index < -0.39 is 0 Å². The van der Waals surface area contributed by atoms with E-state index in [1.54, 1.807) is 13.8 Å². The van der Waals surface area contributed by atoms with Crippen LogP contribution in [-0.4, -0.2) is 15.8 Å². The number of fused-ring (bicyclic) bond motifs is 1. The third-order valence-electron chi connectivity index (χ3n) is 1.55. The zero-order valence-electron chi connectivity index (χ0n) is 6.87. The fourth-order valence-corrected chi connectivity index (χ4v) is 1.10. The van der Waals surface area contributed by atoms with Gasteiger partial charge in [-0.25, -0.2) is 20.3 Å². The van der Waals surface area contributed by atoms with Gasteiger partial charge in [0.15, 0.2) is 17.3 Å². The Morgan fingerprint density at radius 3 is 2.67 bits per heavy atom. The molecule has 2 N–H and O–H groups in total. The maximum absolute atomic E-state index is 5.62. The summed E-state index contributed by atoms with van der Waals surface area (Å²) in [5.74, 6) is 2.28. The van der Waals surface area contributed by atoms with Gasteiger partial charge in [-0.15, -0.1) is 0 Å². The summed E-state index contributed by atoms with van der Waals surface area (Å²) in [6.45, 7) is 3.58. The van der Waals surface area contributed by atoms with Crippen molar-refractivity contribution in [2.75, 3.05) is 5.73 Å². The van der Waals surface area contributed by atoms with Crippen LogP contribution in [0, 0.1) is 6.92 Å². The summed E-state index contributed by atoms with van der Waals surface area (Å²) >= 11 is 0. The fourth-order valence-electron chi connectivity index (χ4n) is 1.10. The summed E-state index contributed by atoms with van der Waals surface area (Å²) < 4.78 is 0. The van der Waals surface area contributed by atoms with Crippen molar-refractivity contribution in [2.24, 2.45) is 4.99 Å². The Morgan fingerprint density at radius 1 is 1.17 bits per heavy atom. The summed E-state index contributed by atoms with van der Waals surface area (Å²) in [5.41, 5.74) is 6.21. The van der Waals surface area contributed by atoms with Crippen LogP contribution in [-0.2, 0) is 0 Å². The molecule has 1 aromatic rings. The lowest BCUT2D eigenvalue weighted by atomic mass is 10.4. The number of amidine groups is 1. The van der Waals surface area contributed by atoms with Crippen LogP contribution in [0.1, 0.15) is 12.7 Å². The molecule has 0 fully saturated rings. The van der Waals surface area contributed by atoms with Crippen LogP contribution in [0.3, 0.4) is 0 Å². The van der Waals surface area contributed by atoms with Gasteiger partial charge in [0.25, 0.3) is 0 Å². The van der Waals surface area contributed by atoms with Gasteiger partial charge in [-0.05, 0) is 13.8 Å². The Labute approximate surface area is 69.7 Å². The second-order valence-corrected chi connectivity index (χ2v) is 2.60. The van der Waals surface area contributed by atoms with Gasteiger partial charge in [-0.3, -0.25) is 0 Å². The van der Waals surface area contributed by atoms with Crippen molar-refractivity contribution in [1.29, 1.82) is 0 Å². The number of anilines is 1. The molecule has 0 aliphatic carbocycles. The van der Waals surface area contributed by atoms with Crippen LogP contribution < -0.4 is 11.1 Å². The average Bonchev–Trinajstić information content (AvgIpc) is 2.29. The quantitative estimate of drug-likeness (QED) is 0.608. The number of aryl methyl sites for hydroxylation is 1. The summed E-state index contributed by atoms with van der Waals surface area (Å²) in [6, 6.07) is 0. The molecule has 0 bridgehead atoms. The Kier molecular flexibility index (Phi) is 1.27. The molecule has 5 heteroatoms. The van der Waals surface area contributed by atoms with E-state index in [1.807, 2.05) is 0 Å². The highest BCUT2D eigenvalue weighted by atomic mass is 15.2. The number of nitrogens with two attached hydrogens (primary N) is 1. The Bertz CT molecular complexity index is 368. The third-order valence-corrected chi connectivity index (χ3v) is 1.55. The van der Waals surface area contributed by atoms with Gasteiger partial charge in [0.2, 0.25) is 0 Å². The standard InChI is InChI=1S/C7H8N5/c1-3-9-5-6(8)10-4(2)12-7(5)11-3/h1-2H3,(H2,8,10,12). The number of hydrogen-bond acceptors (Lipinski definition) is 4. The van der Waals surface area contributed by atoms with Crippen molar-refractivity contribution in [1.82, 2.24) is 15.3 Å². The monoisotopic (exact) mass is 162 g/mol. The largest absolute Gasteiger partial charge is 0.382 e. The fraction of sp³-hybridized carbons (Fsp3) is 0.286. The van der Waals surface area contributed by atoms with Crippen LogP contribution in [0.15, 0.2) is 4.99 Å². The molecular weight excluding hydrogens is 154 g/mol. The molecule has 1 aromatic heterocycles. The van der Waals surface area contributed by atoms with Crippen LogP contribution in [0.25, 0.3) is 0 Å². The molecule has 0 atom stereocenters. The predicted octanol–water partition coefficient (Wildman–Crippen LogP) is 0.667. The molecule has 0 saturated carbocycles. The lowest BCUT2D eigenvalue weighted by Crippen LogP contribution is -2.03. The van der Waals surface area contributed by atoms with E-state index in [0.717, 1.165) is 0 Å². The molecule has 12 heavy (non-hydrogen) atoms. The number of hydrogen-bond donors (Lipinski definition) is 1. The highest BCUT2D eigenvalue weighted by molar-refractivity contribution is 5.96. The minimum atomic E-state index is 0.401. The number of nitrogens with zero attached hydrogens (tertiary/aromatic N) is 4. The Morgan fingerprint density at radius 2 is 1.92 bits per heavy atom. The zero-order valence-corrected chi connectivity index (χ0v) is 6.87. The minimum Gasteiger partial charge on any atom is -0.382 e. The first-order valence-electron chi connectivity index (χ1n) is 3.58. The average molecular weight is 162 g/mol. The molecule has 5 nitrogen and oxygen atoms in total. The number of aliphatic imine (C=N–C) groups is 1. The summed E-state index contributed by atoms with van der Waals surface area (Å²) in [4.78, 5) is 12.2. The summed E-state index contributed by atoms with van der Waals surface area (Å²) in [7, 11) is 0. The molecule has 2 rings (SSSR count). The first-order valence-corrected chi connectivity index (χ1v) is 3.58. The molecule has 0 saturated heterocycles. The van der Waals surface area contributed by atoms with Gasteiger partial charge in [-0.2, -0.15) is 0 Å². The second kappa shape index (κ2) is 2.17. The van der Waals surface area contributed by atoms with Crippen molar-refractivity contribution in [2.45, 2.75) is 13.8 Å². The third kappa shape index (κ3) is 0.903. The lowest BCUT2D eigenvalue weighted by molar-refractivity contribution is 1.05. The van der Waals surface area contributed by atoms with Crippen molar-refractivity contribution in [3.8, 4) is 0 Å². The van der Waals surface area contributed by atoms with Crippen molar-refractivity contribution in [3.63, 3.8) is 0 Å². The summed E-state index contributed by atoms with van der Waals surface area (Å²) in [6.07, 6.45) is 0. The molecule has 2 heterocycles. The molecule has 0 unspecified atom stereocenters. The molecule has 1 aliphatic rings. The Hall–Kier alpha value is -1.65. The maximum atomic E-state index is 5.62. The van der Waals surface area contributed by atoms with Crippen molar-refractivity contribution >= 4 is 23.2 Å². The number of nitrogen functional groups attached to an aromatic ring is 1. The van der Waals surface area contributed by atoms with Crippen LogP contribution in [0.2, 0.25) is 0 Å². The van der Waals surface area contributed by atoms with Crippen LogP contribution >= 0.6 is 0 Å². The van der Waals surface area contributed by atoms with E-state index in [-0.39, 0.29) is 0 Å². The summed E-state index contributed by atoms with van der Waals surface area (Å²) in [5, 5.41) is 4.09. The molecule has 61 valence electrons. The molecular formula is C7H8N5. The zero-order chi connectivity index (χ0) is 8.72. The number of rotatable bonds is 0. The molecule has 0 aromatic carbocycles. The van der Waals surface area contributed by atoms with E-state index >= 15 is 0 Å². The van der Waals surface area contributed by atoms with Gasteiger partial charge < -0.3 is 5.73 Å². The maximum Gasteiger partial charge on any atom is 0.185 e. The lowest BCUT2D eigenvalue weighted by Gasteiger charge is -1.99. The molecule has 1 aliphatic heterocycles. The first-order chi connectivity index (χ1) is 5.66. The van der Waals surface area contributed by atoms with Crippen LogP contribution in [0.5, 0.6) is 0 Å².